The first kappa shape index (κ1) is 15.2. The first-order chi connectivity index (χ1) is 9.56. The van der Waals surface area contributed by atoms with E-state index in [2.05, 4.69) is 0 Å². The molecule has 0 heterocycles. The largest absolute Gasteiger partial charge is 0.489 e. The van der Waals surface area contributed by atoms with Crippen LogP contribution >= 0.6 is 23.2 Å². The average Bonchev–Trinajstić information content (AvgIpc) is 2.41. The molecule has 2 nitrogen and oxygen atoms in total. The Bertz CT molecular complexity index is 567. The Balaban J connectivity index is 1.99. The maximum absolute atomic E-state index is 6.12. The second kappa shape index (κ2) is 6.98. The van der Waals surface area contributed by atoms with Gasteiger partial charge in [0.1, 0.15) is 12.4 Å². The smallest absolute Gasteiger partial charge is 0.119 e. The van der Waals surface area contributed by atoms with Gasteiger partial charge in [-0.2, -0.15) is 0 Å². The van der Waals surface area contributed by atoms with Crippen molar-refractivity contribution in [2.45, 2.75) is 26.0 Å². The van der Waals surface area contributed by atoms with Crippen LogP contribution in [-0.2, 0) is 13.0 Å². The molecular weight excluding hydrogens is 293 g/mol. The molecule has 1 unspecified atom stereocenters. The van der Waals surface area contributed by atoms with Gasteiger partial charge in [-0.3, -0.25) is 0 Å². The number of benzene rings is 2. The number of rotatable bonds is 5. The summed E-state index contributed by atoms with van der Waals surface area (Å²) in [5, 5.41) is 1.09. The van der Waals surface area contributed by atoms with Crippen LogP contribution in [0.2, 0.25) is 10.0 Å². The summed E-state index contributed by atoms with van der Waals surface area (Å²) in [6.45, 7) is 2.39. The van der Waals surface area contributed by atoms with Crippen LogP contribution in [0.3, 0.4) is 0 Å². The van der Waals surface area contributed by atoms with Crippen molar-refractivity contribution < 1.29 is 4.74 Å². The Morgan fingerprint density at radius 1 is 1.10 bits per heavy atom. The van der Waals surface area contributed by atoms with Crippen LogP contribution in [0.25, 0.3) is 0 Å². The molecule has 0 bridgehead atoms. The van der Waals surface area contributed by atoms with E-state index in [1.807, 2.05) is 43.3 Å². The molecule has 4 heteroatoms. The molecular formula is C16H17Cl2NO. The zero-order chi connectivity index (χ0) is 14.5. The Labute approximate surface area is 129 Å². The van der Waals surface area contributed by atoms with Crippen LogP contribution in [0.15, 0.2) is 42.5 Å². The summed E-state index contributed by atoms with van der Waals surface area (Å²) in [6, 6.07) is 13.6. The number of hydrogen-bond acceptors (Lipinski definition) is 2. The highest BCUT2D eigenvalue weighted by Gasteiger charge is 2.05. The summed E-state index contributed by atoms with van der Waals surface area (Å²) < 4.78 is 5.71. The van der Waals surface area contributed by atoms with Gasteiger partial charge >= 0.3 is 0 Å². The van der Waals surface area contributed by atoms with E-state index in [0.717, 1.165) is 17.7 Å². The van der Waals surface area contributed by atoms with Crippen LogP contribution in [0.5, 0.6) is 5.75 Å². The minimum Gasteiger partial charge on any atom is -0.489 e. The summed E-state index contributed by atoms with van der Waals surface area (Å²) in [5.74, 6) is 0.800. The van der Waals surface area contributed by atoms with E-state index >= 15 is 0 Å². The number of ether oxygens (including phenoxy) is 1. The summed E-state index contributed by atoms with van der Waals surface area (Å²) in [4.78, 5) is 0. The van der Waals surface area contributed by atoms with Crippen molar-refractivity contribution >= 4 is 23.2 Å². The molecule has 2 N–H and O–H groups in total. The third-order valence-corrected chi connectivity index (χ3v) is 3.76. The van der Waals surface area contributed by atoms with Gasteiger partial charge in [0, 0.05) is 11.6 Å². The molecule has 0 saturated carbocycles. The van der Waals surface area contributed by atoms with Crippen molar-refractivity contribution in [3.8, 4) is 5.75 Å². The molecule has 2 rings (SSSR count). The van der Waals surface area contributed by atoms with Crippen LogP contribution in [0.4, 0.5) is 0 Å². The topological polar surface area (TPSA) is 35.2 Å². The standard InChI is InChI=1S/C16H17Cl2NO/c1-11(19)9-12-5-7-14(8-6-12)20-10-13-3-2-4-15(17)16(13)18/h2-8,11H,9-10,19H2,1H3. The first-order valence-electron chi connectivity index (χ1n) is 6.46. The van der Waals surface area contributed by atoms with Gasteiger partial charge in [0.2, 0.25) is 0 Å². The first-order valence-corrected chi connectivity index (χ1v) is 7.22. The molecule has 106 valence electrons. The fraction of sp³-hybridized carbons (Fsp3) is 0.250. The lowest BCUT2D eigenvalue weighted by molar-refractivity contribution is 0.306. The van der Waals surface area contributed by atoms with Crippen molar-refractivity contribution in [2.24, 2.45) is 5.73 Å². The third-order valence-electron chi connectivity index (χ3n) is 2.91. The van der Waals surface area contributed by atoms with Crippen molar-refractivity contribution in [1.82, 2.24) is 0 Å². The van der Waals surface area contributed by atoms with Crippen molar-refractivity contribution in [3.05, 3.63) is 63.6 Å². The molecule has 0 saturated heterocycles. The summed E-state index contributed by atoms with van der Waals surface area (Å²) in [6.07, 6.45) is 0.862. The zero-order valence-corrected chi connectivity index (χ0v) is 12.8. The molecule has 0 aliphatic heterocycles. The van der Waals surface area contributed by atoms with Gasteiger partial charge in [-0.25, -0.2) is 0 Å². The van der Waals surface area contributed by atoms with Gasteiger partial charge in [0.15, 0.2) is 0 Å². The van der Waals surface area contributed by atoms with Gasteiger partial charge in [0.25, 0.3) is 0 Å². The molecule has 0 aliphatic carbocycles. The molecule has 0 spiro atoms. The van der Waals surface area contributed by atoms with Crippen molar-refractivity contribution in [2.75, 3.05) is 0 Å². The normalized spacial score (nSPS) is 12.2. The number of nitrogens with two attached hydrogens (primary N) is 1. The molecule has 20 heavy (non-hydrogen) atoms. The van der Waals surface area contributed by atoms with Crippen molar-refractivity contribution in [1.29, 1.82) is 0 Å². The molecule has 2 aromatic carbocycles. The molecule has 0 aromatic heterocycles. The highest BCUT2D eigenvalue weighted by Crippen LogP contribution is 2.26. The predicted molar refractivity (Wildman–Crippen MR) is 84.6 cm³/mol. The SMILES string of the molecule is CC(N)Cc1ccc(OCc2cccc(Cl)c2Cl)cc1. The third kappa shape index (κ3) is 4.14. The molecule has 2 aromatic rings. The van der Waals surface area contributed by atoms with E-state index in [-0.39, 0.29) is 6.04 Å². The van der Waals surface area contributed by atoms with E-state index in [9.17, 15) is 0 Å². The van der Waals surface area contributed by atoms with E-state index in [1.165, 1.54) is 5.56 Å². The summed E-state index contributed by atoms with van der Waals surface area (Å²) in [7, 11) is 0. The Morgan fingerprint density at radius 3 is 2.45 bits per heavy atom. The summed E-state index contributed by atoms with van der Waals surface area (Å²) in [5.41, 5.74) is 7.85. The number of hydrogen-bond donors (Lipinski definition) is 1. The molecule has 1 atom stereocenters. The van der Waals surface area contributed by atoms with Gasteiger partial charge in [-0.1, -0.05) is 47.5 Å². The second-order valence-electron chi connectivity index (χ2n) is 4.83. The minimum atomic E-state index is 0.159. The fourth-order valence-electron chi connectivity index (χ4n) is 1.91. The highest BCUT2D eigenvalue weighted by atomic mass is 35.5. The molecule has 0 radical (unpaired) electrons. The lowest BCUT2D eigenvalue weighted by atomic mass is 10.1. The van der Waals surface area contributed by atoms with Crippen LogP contribution in [-0.4, -0.2) is 6.04 Å². The lowest BCUT2D eigenvalue weighted by Crippen LogP contribution is -2.17. The maximum atomic E-state index is 6.12. The lowest BCUT2D eigenvalue weighted by Gasteiger charge is -2.10. The monoisotopic (exact) mass is 309 g/mol. The van der Waals surface area contributed by atoms with E-state index in [0.29, 0.717) is 16.7 Å². The Kier molecular flexibility index (Phi) is 5.30. The molecule has 0 aliphatic rings. The van der Waals surface area contributed by atoms with E-state index in [4.69, 9.17) is 33.7 Å². The van der Waals surface area contributed by atoms with E-state index < -0.39 is 0 Å². The predicted octanol–water partition coefficient (Wildman–Crippen LogP) is 4.46. The van der Waals surface area contributed by atoms with Gasteiger partial charge in [-0.15, -0.1) is 0 Å². The van der Waals surface area contributed by atoms with Gasteiger partial charge in [-0.05, 0) is 37.1 Å². The van der Waals surface area contributed by atoms with Crippen LogP contribution in [0, 0.1) is 0 Å². The Morgan fingerprint density at radius 2 is 1.80 bits per heavy atom. The van der Waals surface area contributed by atoms with Crippen molar-refractivity contribution in [3.63, 3.8) is 0 Å². The summed E-state index contributed by atoms with van der Waals surface area (Å²) >= 11 is 12.1. The van der Waals surface area contributed by atoms with Gasteiger partial charge < -0.3 is 10.5 Å². The maximum Gasteiger partial charge on any atom is 0.119 e. The molecule has 0 amide bonds. The zero-order valence-electron chi connectivity index (χ0n) is 11.3. The Hall–Kier alpha value is -1.22. The van der Waals surface area contributed by atoms with Gasteiger partial charge in [0.05, 0.1) is 10.0 Å². The number of halogens is 2. The quantitative estimate of drug-likeness (QED) is 0.885. The minimum absolute atomic E-state index is 0.159. The fourth-order valence-corrected chi connectivity index (χ4v) is 2.29. The van der Waals surface area contributed by atoms with Crippen LogP contribution < -0.4 is 10.5 Å². The van der Waals surface area contributed by atoms with E-state index in [1.54, 1.807) is 6.07 Å². The highest BCUT2D eigenvalue weighted by molar-refractivity contribution is 6.42. The second-order valence-corrected chi connectivity index (χ2v) is 5.61. The average molecular weight is 310 g/mol. The van der Waals surface area contributed by atoms with Crippen LogP contribution in [0.1, 0.15) is 18.1 Å². The molecule has 0 fully saturated rings.